The first-order valence-electron chi connectivity index (χ1n) is 13.4. The van der Waals surface area contributed by atoms with Crippen LogP contribution in [0.5, 0.6) is 5.75 Å². The molecule has 1 N–H and O–H groups in total. The Morgan fingerprint density at radius 1 is 1.09 bits per heavy atom. The number of piperazine rings is 1. The van der Waals surface area contributed by atoms with Gasteiger partial charge in [-0.25, -0.2) is 18.2 Å². The third kappa shape index (κ3) is 6.94. The normalized spacial score (nSPS) is 18.0. The van der Waals surface area contributed by atoms with Gasteiger partial charge < -0.3 is 19.6 Å². The number of benzene rings is 2. The molecule has 1 unspecified atom stereocenters. The van der Waals surface area contributed by atoms with E-state index in [1.54, 1.807) is 18.9 Å². The van der Waals surface area contributed by atoms with Crippen LogP contribution in [-0.4, -0.2) is 78.7 Å². The highest BCUT2D eigenvalue weighted by atomic mass is 32.2. The lowest BCUT2D eigenvalue weighted by atomic mass is 10.1. The molecular formula is C28H29F3N4O6S2. The van der Waals surface area contributed by atoms with Crippen LogP contribution < -0.4 is 9.64 Å². The average Bonchev–Trinajstić information content (AvgIpc) is 3.72. The van der Waals surface area contributed by atoms with Crippen LogP contribution in [0.15, 0.2) is 53.4 Å². The number of halogens is 3. The number of anilines is 1. The lowest BCUT2D eigenvalue weighted by Gasteiger charge is -2.40. The predicted molar refractivity (Wildman–Crippen MR) is 152 cm³/mol. The number of hydrogen-bond acceptors (Lipinski definition) is 8. The summed E-state index contributed by atoms with van der Waals surface area (Å²) in [5, 5.41) is 9.81. The van der Waals surface area contributed by atoms with Gasteiger partial charge in [0.15, 0.2) is 5.13 Å². The highest BCUT2D eigenvalue weighted by Gasteiger charge is 2.42. The number of sulfonamides is 1. The summed E-state index contributed by atoms with van der Waals surface area (Å²) in [5.41, 5.74) is 2.41. The number of aryl methyl sites for hydroxylation is 1. The summed E-state index contributed by atoms with van der Waals surface area (Å²) in [6.07, 6.45) is -2.62. The van der Waals surface area contributed by atoms with Gasteiger partial charge in [0.05, 0.1) is 10.6 Å². The molecule has 2 fully saturated rings. The fraction of sp³-hybridized carbons (Fsp3) is 0.393. The minimum atomic E-state index is -4.94. The number of thiazole rings is 1. The van der Waals surface area contributed by atoms with Crippen LogP contribution in [-0.2, 0) is 21.4 Å². The summed E-state index contributed by atoms with van der Waals surface area (Å²) in [4.78, 5) is 32.7. The van der Waals surface area contributed by atoms with E-state index in [0.29, 0.717) is 16.7 Å². The number of ether oxygens (including phenoxy) is 1. The minimum Gasteiger partial charge on any atom is -0.477 e. The van der Waals surface area contributed by atoms with E-state index in [0.717, 1.165) is 58.3 Å². The monoisotopic (exact) mass is 638 g/mol. The number of carboxylic acids is 1. The molecule has 43 heavy (non-hydrogen) atoms. The number of likely N-dealkylation sites (N-methyl/N-ethyl adjacent to an activating group) is 1. The van der Waals surface area contributed by atoms with Crippen LogP contribution >= 0.6 is 11.3 Å². The second-order valence-electron chi connectivity index (χ2n) is 10.5. The number of nitrogens with zero attached hydrogens (tertiary/aromatic N) is 4. The van der Waals surface area contributed by atoms with Gasteiger partial charge in [-0.1, -0.05) is 35.6 Å². The first kappa shape index (κ1) is 30.8. The lowest BCUT2D eigenvalue weighted by Crippen LogP contribution is -2.60. The average molecular weight is 639 g/mol. The molecule has 0 radical (unpaired) electrons. The Hall–Kier alpha value is -3.69. The van der Waals surface area contributed by atoms with Gasteiger partial charge in [-0.15, -0.1) is 13.2 Å². The minimum absolute atomic E-state index is 0.0425. The Labute approximate surface area is 250 Å². The molecule has 2 aromatic carbocycles. The number of carbonyl (C=O) groups is 2. The fourth-order valence-corrected chi connectivity index (χ4v) is 7.52. The smallest absolute Gasteiger partial charge is 0.477 e. The number of hydrogen-bond donors (Lipinski definition) is 1. The van der Waals surface area contributed by atoms with Crippen LogP contribution in [0.3, 0.4) is 0 Å². The molecule has 0 bridgehead atoms. The first-order chi connectivity index (χ1) is 20.2. The number of carbonyl (C=O) groups excluding carboxylic acids is 1. The molecular weight excluding hydrogens is 609 g/mol. The Bertz CT molecular complexity index is 1610. The maximum absolute atomic E-state index is 13.9. The van der Waals surface area contributed by atoms with Crippen molar-refractivity contribution in [3.05, 3.63) is 70.2 Å². The van der Waals surface area contributed by atoms with E-state index in [4.69, 9.17) is 0 Å². The number of rotatable bonds is 9. The summed E-state index contributed by atoms with van der Waals surface area (Å²) >= 11 is 0.935. The molecule has 2 aliphatic rings. The molecule has 3 aromatic rings. The van der Waals surface area contributed by atoms with Crippen molar-refractivity contribution in [1.82, 2.24) is 14.2 Å². The second-order valence-corrected chi connectivity index (χ2v) is 13.4. The molecule has 1 aromatic heterocycles. The van der Waals surface area contributed by atoms with E-state index in [9.17, 15) is 36.3 Å². The van der Waals surface area contributed by atoms with E-state index >= 15 is 0 Å². The van der Waals surface area contributed by atoms with E-state index in [2.05, 4.69) is 9.72 Å². The third-order valence-electron chi connectivity index (χ3n) is 7.35. The van der Waals surface area contributed by atoms with Crippen LogP contribution in [0, 0.1) is 6.92 Å². The van der Waals surface area contributed by atoms with Gasteiger partial charge in [-0.05, 0) is 61.1 Å². The molecule has 1 amide bonds. The molecule has 1 aliphatic heterocycles. The van der Waals surface area contributed by atoms with Gasteiger partial charge in [0, 0.05) is 33.2 Å². The molecule has 1 saturated carbocycles. The number of amides is 1. The molecule has 0 spiro atoms. The molecule has 1 aliphatic carbocycles. The topological polar surface area (TPSA) is 120 Å². The van der Waals surface area contributed by atoms with Crippen molar-refractivity contribution in [2.45, 2.75) is 49.5 Å². The molecule has 2 heterocycles. The maximum Gasteiger partial charge on any atom is 0.573 e. The van der Waals surface area contributed by atoms with Crippen LogP contribution in [0.1, 0.15) is 45.3 Å². The summed E-state index contributed by atoms with van der Waals surface area (Å²) in [7, 11) is -2.77. The number of alkyl halides is 3. The van der Waals surface area contributed by atoms with Crippen LogP contribution in [0.2, 0.25) is 0 Å². The summed E-state index contributed by atoms with van der Waals surface area (Å²) < 4.78 is 70.2. The van der Waals surface area contributed by atoms with Gasteiger partial charge in [0.2, 0.25) is 15.9 Å². The summed E-state index contributed by atoms with van der Waals surface area (Å²) in [5.74, 6) is -1.64. The third-order valence-corrected chi connectivity index (χ3v) is 10.5. The van der Waals surface area contributed by atoms with Crippen molar-refractivity contribution < 1.29 is 41.0 Å². The Morgan fingerprint density at radius 2 is 1.74 bits per heavy atom. The van der Waals surface area contributed by atoms with Crippen molar-refractivity contribution >= 4 is 38.4 Å². The molecule has 15 heteroatoms. The zero-order valence-corrected chi connectivity index (χ0v) is 24.9. The number of carboxylic acid groups (broad SMARTS) is 1. The lowest BCUT2D eigenvalue weighted by molar-refractivity contribution is -0.274. The van der Waals surface area contributed by atoms with Crippen molar-refractivity contribution in [1.29, 1.82) is 0 Å². The molecule has 5 rings (SSSR count). The summed E-state index contributed by atoms with van der Waals surface area (Å²) in [6, 6.07) is 10.5. The Kier molecular flexibility index (Phi) is 8.42. The zero-order valence-electron chi connectivity index (χ0n) is 23.2. The van der Waals surface area contributed by atoms with Crippen molar-refractivity contribution in [3.8, 4) is 5.75 Å². The molecule has 1 saturated heterocycles. The van der Waals surface area contributed by atoms with Crippen molar-refractivity contribution in [2.24, 2.45) is 0 Å². The van der Waals surface area contributed by atoms with E-state index < -0.39 is 40.1 Å². The van der Waals surface area contributed by atoms with Gasteiger partial charge in [0.25, 0.3) is 0 Å². The predicted octanol–water partition coefficient (Wildman–Crippen LogP) is 4.46. The largest absolute Gasteiger partial charge is 0.573 e. The number of aromatic nitrogens is 1. The highest BCUT2D eigenvalue weighted by Crippen LogP contribution is 2.40. The van der Waals surface area contributed by atoms with E-state index in [1.807, 2.05) is 24.3 Å². The molecule has 230 valence electrons. The molecule has 1 atom stereocenters. The SMILES string of the molecule is Cc1nc(N2CCN(S(=O)(=O)c3ccc(OC(F)(F)F)cc3)C(C(=O)N(C)Cc3ccc(C4CC4)cc3)C2)sc1C(=O)O. The van der Waals surface area contributed by atoms with Gasteiger partial charge in [0.1, 0.15) is 16.7 Å². The van der Waals surface area contributed by atoms with Gasteiger partial charge >= 0.3 is 12.3 Å². The Morgan fingerprint density at radius 3 is 2.30 bits per heavy atom. The zero-order chi connectivity index (χ0) is 31.1. The van der Waals surface area contributed by atoms with Gasteiger partial charge in [-0.3, -0.25) is 4.79 Å². The molecule has 10 nitrogen and oxygen atoms in total. The standard InChI is InChI=1S/C28H29F3N4O6S2/c1-17-24(26(37)38)42-27(32-17)34-13-14-35(43(39,40)22-11-9-21(10-12-22)41-28(29,30)31)23(16-34)25(36)33(2)15-18-3-5-19(6-4-18)20-7-8-20/h3-6,9-12,20,23H,7-8,13-16H2,1-2H3,(H,37,38). The van der Waals surface area contributed by atoms with Crippen molar-refractivity contribution in [2.75, 3.05) is 31.6 Å². The second kappa shape index (κ2) is 11.8. The fourth-order valence-electron chi connectivity index (χ4n) is 5.01. The summed E-state index contributed by atoms with van der Waals surface area (Å²) in [6.45, 7) is 1.63. The van der Waals surface area contributed by atoms with Crippen molar-refractivity contribution in [3.63, 3.8) is 0 Å². The Balaban J connectivity index is 1.41. The van der Waals surface area contributed by atoms with E-state index in [1.165, 1.54) is 10.5 Å². The quantitative estimate of drug-likeness (QED) is 0.365. The first-order valence-corrected chi connectivity index (χ1v) is 15.7. The maximum atomic E-state index is 13.9. The van der Waals surface area contributed by atoms with Gasteiger partial charge in [-0.2, -0.15) is 4.31 Å². The van der Waals surface area contributed by atoms with Crippen LogP contribution in [0.25, 0.3) is 0 Å². The number of aromatic carboxylic acids is 1. The highest BCUT2D eigenvalue weighted by molar-refractivity contribution is 7.89. The van der Waals surface area contributed by atoms with Crippen LogP contribution in [0.4, 0.5) is 18.3 Å². The van der Waals surface area contributed by atoms with E-state index in [-0.39, 0.29) is 36.0 Å².